The van der Waals surface area contributed by atoms with E-state index in [1.54, 1.807) is 0 Å². The second kappa shape index (κ2) is 8.24. The van der Waals surface area contributed by atoms with Gasteiger partial charge in [0.2, 0.25) is 0 Å². The van der Waals surface area contributed by atoms with Crippen molar-refractivity contribution in [1.29, 1.82) is 0 Å². The van der Waals surface area contributed by atoms with Gasteiger partial charge in [0.25, 0.3) is 0 Å². The highest BCUT2D eigenvalue weighted by atomic mass is 19.4. The summed E-state index contributed by atoms with van der Waals surface area (Å²) in [5.41, 5.74) is -3.72. The van der Waals surface area contributed by atoms with E-state index in [2.05, 4.69) is 14.5 Å². The Morgan fingerprint density at radius 2 is 1.09 bits per heavy atom. The molecule has 0 aliphatic rings. The fourth-order valence-electron chi connectivity index (χ4n) is 2.84. The summed E-state index contributed by atoms with van der Waals surface area (Å²) in [6, 6.07) is 8.97. The Labute approximate surface area is 174 Å². The number of hydrogen-bond acceptors (Lipinski definition) is 3. The van der Waals surface area contributed by atoms with Crippen LogP contribution in [0.1, 0.15) is 5.56 Å². The summed E-state index contributed by atoms with van der Waals surface area (Å²) in [6.07, 6.45) is -14.6. The van der Waals surface area contributed by atoms with E-state index in [1.165, 1.54) is 18.2 Å². The van der Waals surface area contributed by atoms with E-state index in [9.17, 15) is 39.5 Å². The Morgan fingerprint density at radius 3 is 1.59 bits per heavy atom. The standard InChI is InChI=1S/C20H10F9NO2/c21-18(22,23)14-9-11(12-5-1-3-7-15(12)31-19(24,25)26)10-30-17(14)13-6-2-4-8-16(13)32-20(27,28)29/h1-10H. The molecule has 0 saturated heterocycles. The Hall–Kier alpha value is -3.44. The van der Waals surface area contributed by atoms with Gasteiger partial charge in [-0.15, -0.1) is 26.3 Å². The van der Waals surface area contributed by atoms with E-state index < -0.39 is 52.8 Å². The molecule has 0 fully saturated rings. The molecule has 32 heavy (non-hydrogen) atoms. The van der Waals surface area contributed by atoms with E-state index in [0.29, 0.717) is 6.07 Å². The van der Waals surface area contributed by atoms with Crippen LogP contribution >= 0.6 is 0 Å². The summed E-state index contributed by atoms with van der Waals surface area (Å²) in [5, 5.41) is 0. The maximum absolute atomic E-state index is 13.8. The summed E-state index contributed by atoms with van der Waals surface area (Å²) >= 11 is 0. The van der Waals surface area contributed by atoms with Crippen molar-refractivity contribution in [2.45, 2.75) is 18.9 Å². The molecule has 1 aromatic heterocycles. The maximum atomic E-state index is 13.8. The molecular weight excluding hydrogens is 457 g/mol. The molecule has 3 rings (SSSR count). The minimum absolute atomic E-state index is 0.353. The Bertz CT molecular complexity index is 1110. The molecule has 0 radical (unpaired) electrons. The van der Waals surface area contributed by atoms with Crippen LogP contribution < -0.4 is 9.47 Å². The van der Waals surface area contributed by atoms with Crippen molar-refractivity contribution in [3.63, 3.8) is 0 Å². The van der Waals surface area contributed by atoms with Crippen LogP contribution in [0.5, 0.6) is 11.5 Å². The topological polar surface area (TPSA) is 31.4 Å². The molecule has 0 unspecified atom stereocenters. The highest BCUT2D eigenvalue weighted by molar-refractivity contribution is 5.76. The molecule has 0 aliphatic carbocycles. The van der Waals surface area contributed by atoms with Crippen LogP contribution in [0.3, 0.4) is 0 Å². The zero-order valence-corrected chi connectivity index (χ0v) is 15.4. The smallest absolute Gasteiger partial charge is 0.405 e. The number of pyridine rings is 1. The Balaban J connectivity index is 2.18. The van der Waals surface area contributed by atoms with Crippen molar-refractivity contribution in [2.75, 3.05) is 0 Å². The Kier molecular flexibility index (Phi) is 5.98. The third kappa shape index (κ3) is 5.62. The average molecular weight is 467 g/mol. The Morgan fingerprint density at radius 1 is 0.625 bits per heavy atom. The molecule has 0 bridgehead atoms. The second-order valence-corrected chi connectivity index (χ2v) is 6.21. The van der Waals surface area contributed by atoms with Crippen LogP contribution in [-0.2, 0) is 6.18 Å². The summed E-state index contributed by atoms with van der Waals surface area (Å²) in [7, 11) is 0. The second-order valence-electron chi connectivity index (χ2n) is 6.21. The predicted octanol–water partition coefficient (Wildman–Crippen LogP) is 7.23. The van der Waals surface area contributed by atoms with Gasteiger partial charge in [-0.1, -0.05) is 30.3 Å². The van der Waals surface area contributed by atoms with Crippen LogP contribution in [-0.4, -0.2) is 17.7 Å². The number of benzene rings is 2. The van der Waals surface area contributed by atoms with Gasteiger partial charge in [0, 0.05) is 22.9 Å². The minimum Gasteiger partial charge on any atom is -0.405 e. The third-order valence-corrected chi connectivity index (χ3v) is 3.98. The van der Waals surface area contributed by atoms with E-state index in [4.69, 9.17) is 0 Å². The van der Waals surface area contributed by atoms with E-state index in [-0.39, 0.29) is 5.56 Å². The lowest BCUT2D eigenvalue weighted by Gasteiger charge is -2.18. The predicted molar refractivity (Wildman–Crippen MR) is 93.5 cm³/mol. The lowest BCUT2D eigenvalue weighted by molar-refractivity contribution is -0.275. The van der Waals surface area contributed by atoms with Crippen LogP contribution in [0.2, 0.25) is 0 Å². The van der Waals surface area contributed by atoms with Gasteiger partial charge < -0.3 is 9.47 Å². The number of para-hydroxylation sites is 2. The number of hydrogen-bond donors (Lipinski definition) is 0. The number of rotatable bonds is 4. The first-order valence-corrected chi connectivity index (χ1v) is 8.52. The van der Waals surface area contributed by atoms with Crippen LogP contribution in [0.4, 0.5) is 39.5 Å². The van der Waals surface area contributed by atoms with Crippen molar-refractivity contribution >= 4 is 0 Å². The molecule has 0 spiro atoms. The first kappa shape index (κ1) is 23.2. The molecule has 0 amide bonds. The fourth-order valence-corrected chi connectivity index (χ4v) is 2.84. The summed E-state index contributed by atoms with van der Waals surface area (Å²) < 4.78 is 125. The molecule has 170 valence electrons. The molecule has 3 aromatic rings. The maximum Gasteiger partial charge on any atom is 0.573 e. The van der Waals surface area contributed by atoms with Crippen molar-refractivity contribution in [2.24, 2.45) is 0 Å². The molecule has 0 N–H and O–H groups in total. The van der Waals surface area contributed by atoms with Gasteiger partial charge in [0.05, 0.1) is 11.3 Å². The highest BCUT2D eigenvalue weighted by Crippen LogP contribution is 2.43. The molecule has 0 atom stereocenters. The molecule has 0 aliphatic heterocycles. The normalized spacial score (nSPS) is 12.5. The summed E-state index contributed by atoms with van der Waals surface area (Å²) in [5.74, 6) is -1.70. The number of alkyl halides is 9. The quantitative estimate of drug-likeness (QED) is 0.380. The molecule has 1 heterocycles. The van der Waals surface area contributed by atoms with Gasteiger partial charge in [-0.05, 0) is 24.3 Å². The van der Waals surface area contributed by atoms with Crippen molar-refractivity contribution < 1.29 is 49.0 Å². The largest absolute Gasteiger partial charge is 0.573 e. The summed E-state index contributed by atoms with van der Waals surface area (Å²) in [6.45, 7) is 0. The lowest BCUT2D eigenvalue weighted by Crippen LogP contribution is -2.18. The summed E-state index contributed by atoms with van der Waals surface area (Å²) in [4.78, 5) is 3.62. The zero-order valence-electron chi connectivity index (χ0n) is 15.4. The highest BCUT2D eigenvalue weighted by Gasteiger charge is 2.38. The van der Waals surface area contributed by atoms with Crippen molar-refractivity contribution in [3.05, 3.63) is 66.4 Å². The molecule has 3 nitrogen and oxygen atoms in total. The first-order chi connectivity index (χ1) is 14.7. The van der Waals surface area contributed by atoms with Gasteiger partial charge in [0.15, 0.2) is 0 Å². The number of aromatic nitrogens is 1. The monoisotopic (exact) mass is 467 g/mol. The first-order valence-electron chi connectivity index (χ1n) is 8.52. The van der Waals surface area contributed by atoms with Crippen molar-refractivity contribution in [3.8, 4) is 33.9 Å². The van der Waals surface area contributed by atoms with Crippen molar-refractivity contribution in [1.82, 2.24) is 4.98 Å². The third-order valence-electron chi connectivity index (χ3n) is 3.98. The molecular formula is C20H10F9NO2. The van der Waals surface area contributed by atoms with Crippen LogP contribution in [0, 0.1) is 0 Å². The van der Waals surface area contributed by atoms with Gasteiger partial charge in [0.1, 0.15) is 11.5 Å². The molecule has 12 heteroatoms. The number of halogens is 9. The van der Waals surface area contributed by atoms with Crippen LogP contribution in [0.15, 0.2) is 60.8 Å². The van der Waals surface area contributed by atoms with Gasteiger partial charge >= 0.3 is 18.9 Å². The average Bonchev–Trinajstić information content (AvgIpc) is 2.65. The number of ether oxygens (including phenoxy) is 2. The fraction of sp³-hybridized carbons (Fsp3) is 0.150. The lowest BCUT2D eigenvalue weighted by atomic mass is 9.99. The molecule has 0 saturated carbocycles. The number of nitrogens with zero attached hydrogens (tertiary/aromatic N) is 1. The van der Waals surface area contributed by atoms with Gasteiger partial charge in [-0.3, -0.25) is 4.98 Å². The molecule has 2 aromatic carbocycles. The van der Waals surface area contributed by atoms with E-state index in [1.807, 2.05) is 0 Å². The van der Waals surface area contributed by atoms with E-state index >= 15 is 0 Å². The minimum atomic E-state index is -5.18. The SMILES string of the molecule is FC(F)(F)Oc1ccccc1-c1cnc(-c2ccccc2OC(F)(F)F)c(C(F)(F)F)c1. The van der Waals surface area contributed by atoms with Gasteiger partial charge in [-0.2, -0.15) is 13.2 Å². The zero-order chi connectivity index (χ0) is 23.7. The van der Waals surface area contributed by atoms with Gasteiger partial charge in [-0.25, -0.2) is 0 Å². The van der Waals surface area contributed by atoms with Crippen LogP contribution in [0.25, 0.3) is 22.4 Å². The van der Waals surface area contributed by atoms with E-state index in [0.717, 1.165) is 36.5 Å².